The topological polar surface area (TPSA) is 32.3 Å². The number of hydrogen-bond donors (Lipinski definition) is 1. The fraction of sp³-hybridized carbons (Fsp3) is 0.667. The van der Waals surface area contributed by atoms with Crippen LogP contribution in [0.1, 0.15) is 0 Å². The summed E-state index contributed by atoms with van der Waals surface area (Å²) < 4.78 is 0. The van der Waals surface area contributed by atoms with Crippen molar-refractivity contribution in [3.05, 3.63) is 5.92 Å². The summed E-state index contributed by atoms with van der Waals surface area (Å²) in [7, 11) is 3.54. The summed E-state index contributed by atoms with van der Waals surface area (Å²) >= 11 is 0. The maximum Gasteiger partial charge on any atom is 0.232 e. The van der Waals surface area contributed by atoms with Crippen molar-refractivity contribution in [3.63, 3.8) is 0 Å². The lowest BCUT2D eigenvalue weighted by molar-refractivity contribution is -0.127. The minimum atomic E-state index is 0.161. The molecular weight excluding hydrogens is 116 g/mol. The number of nitrogens with zero attached hydrogens (tertiary/aromatic N) is 1. The lowest BCUT2D eigenvalue weighted by Gasteiger charge is -2.27. The van der Waals surface area contributed by atoms with Gasteiger partial charge >= 0.3 is 0 Å². The number of carbonyl (C=O) groups is 1. The van der Waals surface area contributed by atoms with Crippen LogP contribution in [0.25, 0.3) is 0 Å². The van der Waals surface area contributed by atoms with Crippen LogP contribution in [0.4, 0.5) is 0 Å². The maximum absolute atomic E-state index is 11.0. The Morgan fingerprint density at radius 2 is 2.11 bits per heavy atom. The average molecular weight is 127 g/mol. The molecule has 51 valence electrons. The molecule has 1 N–H and O–H groups in total. The van der Waals surface area contributed by atoms with E-state index in [9.17, 15) is 4.79 Å². The Bertz CT molecular complexity index is 118. The van der Waals surface area contributed by atoms with Gasteiger partial charge in [0.2, 0.25) is 5.91 Å². The summed E-state index contributed by atoms with van der Waals surface area (Å²) in [6.07, 6.45) is 0. The molecule has 1 saturated heterocycles. The molecule has 0 aromatic rings. The van der Waals surface area contributed by atoms with Gasteiger partial charge in [0.05, 0.1) is 5.92 Å². The molecule has 0 unspecified atom stereocenters. The van der Waals surface area contributed by atoms with Gasteiger partial charge in [-0.2, -0.15) is 0 Å². The average Bonchev–Trinajstić information content (AvgIpc) is 1.60. The van der Waals surface area contributed by atoms with Crippen LogP contribution in [-0.2, 0) is 4.79 Å². The molecular formula is C6H11N2O. The van der Waals surface area contributed by atoms with Gasteiger partial charge in [-0.3, -0.25) is 4.79 Å². The molecule has 3 heteroatoms. The zero-order chi connectivity index (χ0) is 6.85. The van der Waals surface area contributed by atoms with Crippen LogP contribution < -0.4 is 5.32 Å². The van der Waals surface area contributed by atoms with Crippen LogP contribution in [0.2, 0.25) is 0 Å². The summed E-state index contributed by atoms with van der Waals surface area (Å²) in [6.45, 7) is 1.55. The van der Waals surface area contributed by atoms with Crippen molar-refractivity contribution >= 4 is 5.91 Å². The molecule has 1 heterocycles. The second-order valence-corrected chi connectivity index (χ2v) is 2.41. The highest BCUT2D eigenvalue weighted by molar-refractivity contribution is 5.91. The molecule has 1 aliphatic rings. The molecule has 9 heavy (non-hydrogen) atoms. The summed E-state index contributed by atoms with van der Waals surface area (Å²) in [4.78, 5) is 12.6. The summed E-state index contributed by atoms with van der Waals surface area (Å²) in [6, 6.07) is 0. The van der Waals surface area contributed by atoms with Gasteiger partial charge in [-0.1, -0.05) is 0 Å². The lowest BCUT2D eigenvalue weighted by atomic mass is 10.0. The smallest absolute Gasteiger partial charge is 0.232 e. The van der Waals surface area contributed by atoms with Crippen molar-refractivity contribution in [2.24, 2.45) is 0 Å². The van der Waals surface area contributed by atoms with E-state index in [0.29, 0.717) is 0 Å². The second kappa shape index (κ2) is 2.35. The highest BCUT2D eigenvalue weighted by atomic mass is 16.2. The van der Waals surface area contributed by atoms with Gasteiger partial charge in [0.15, 0.2) is 0 Å². The molecule has 0 aliphatic carbocycles. The SMILES string of the molecule is CN(C)C(=O)[C]1CNC1. The molecule has 1 aliphatic heterocycles. The normalized spacial score (nSPS) is 18.9. The van der Waals surface area contributed by atoms with E-state index in [2.05, 4.69) is 5.32 Å². The number of nitrogens with one attached hydrogen (secondary N) is 1. The van der Waals surface area contributed by atoms with E-state index in [1.807, 2.05) is 0 Å². The van der Waals surface area contributed by atoms with Crippen LogP contribution >= 0.6 is 0 Å². The first-order valence-electron chi connectivity index (χ1n) is 2.99. The van der Waals surface area contributed by atoms with Gasteiger partial charge in [-0.25, -0.2) is 0 Å². The number of hydrogen-bond acceptors (Lipinski definition) is 2. The summed E-state index contributed by atoms with van der Waals surface area (Å²) in [5.41, 5.74) is 0. The Morgan fingerprint density at radius 3 is 2.22 bits per heavy atom. The molecule has 3 nitrogen and oxygen atoms in total. The van der Waals surface area contributed by atoms with E-state index in [1.54, 1.807) is 19.0 Å². The highest BCUT2D eigenvalue weighted by Gasteiger charge is 2.26. The fourth-order valence-electron chi connectivity index (χ4n) is 0.717. The Hall–Kier alpha value is -0.570. The van der Waals surface area contributed by atoms with Gasteiger partial charge in [0, 0.05) is 27.2 Å². The minimum Gasteiger partial charge on any atom is -0.348 e. The van der Waals surface area contributed by atoms with Crippen LogP contribution in [-0.4, -0.2) is 38.0 Å². The number of amides is 1. The largest absolute Gasteiger partial charge is 0.348 e. The molecule has 1 rings (SSSR count). The van der Waals surface area contributed by atoms with E-state index in [-0.39, 0.29) is 5.91 Å². The van der Waals surface area contributed by atoms with Gasteiger partial charge < -0.3 is 10.2 Å². The number of rotatable bonds is 1. The predicted molar refractivity (Wildman–Crippen MR) is 34.8 cm³/mol. The van der Waals surface area contributed by atoms with Crippen LogP contribution in [0.3, 0.4) is 0 Å². The van der Waals surface area contributed by atoms with E-state index in [0.717, 1.165) is 19.0 Å². The van der Waals surface area contributed by atoms with E-state index in [1.165, 1.54) is 0 Å². The van der Waals surface area contributed by atoms with Crippen molar-refractivity contribution in [2.75, 3.05) is 27.2 Å². The van der Waals surface area contributed by atoms with Crippen LogP contribution in [0.15, 0.2) is 0 Å². The molecule has 0 saturated carbocycles. The Labute approximate surface area is 55.0 Å². The standard InChI is InChI=1S/C6H11N2O/c1-8(2)6(9)5-3-7-4-5/h7H,3-4H2,1-2H3. The van der Waals surface area contributed by atoms with E-state index >= 15 is 0 Å². The second-order valence-electron chi connectivity index (χ2n) is 2.41. The fourth-order valence-corrected chi connectivity index (χ4v) is 0.717. The van der Waals surface area contributed by atoms with Crippen LogP contribution in [0, 0.1) is 5.92 Å². The first-order chi connectivity index (χ1) is 4.22. The third kappa shape index (κ3) is 1.21. The minimum absolute atomic E-state index is 0.161. The van der Waals surface area contributed by atoms with Crippen molar-refractivity contribution in [1.29, 1.82) is 0 Å². The van der Waals surface area contributed by atoms with Gasteiger partial charge in [-0.05, 0) is 0 Å². The predicted octanol–water partition coefficient (Wildman–Crippen LogP) is -0.748. The maximum atomic E-state index is 11.0. The number of carbonyl (C=O) groups excluding carboxylic acids is 1. The molecule has 0 bridgehead atoms. The quantitative estimate of drug-likeness (QED) is 0.503. The Balaban J connectivity index is 2.32. The molecule has 1 fully saturated rings. The van der Waals surface area contributed by atoms with E-state index in [4.69, 9.17) is 0 Å². The molecule has 0 aromatic heterocycles. The zero-order valence-electron chi connectivity index (χ0n) is 5.77. The monoisotopic (exact) mass is 127 g/mol. The van der Waals surface area contributed by atoms with Gasteiger partial charge in [0.1, 0.15) is 0 Å². The molecule has 1 amide bonds. The molecule has 0 aromatic carbocycles. The summed E-state index contributed by atoms with van der Waals surface area (Å²) in [5.74, 6) is 1.15. The molecule has 1 radical (unpaired) electrons. The lowest BCUT2D eigenvalue weighted by Crippen LogP contribution is -2.48. The molecule has 0 spiro atoms. The Morgan fingerprint density at radius 1 is 1.56 bits per heavy atom. The van der Waals surface area contributed by atoms with Crippen molar-refractivity contribution in [1.82, 2.24) is 10.2 Å². The first kappa shape index (κ1) is 6.55. The first-order valence-corrected chi connectivity index (χ1v) is 2.99. The third-order valence-electron chi connectivity index (χ3n) is 1.39. The van der Waals surface area contributed by atoms with Crippen molar-refractivity contribution in [3.8, 4) is 0 Å². The van der Waals surface area contributed by atoms with E-state index < -0.39 is 0 Å². The highest BCUT2D eigenvalue weighted by Crippen LogP contribution is 2.07. The summed E-state index contributed by atoms with van der Waals surface area (Å²) in [5, 5.41) is 3.01. The van der Waals surface area contributed by atoms with Crippen molar-refractivity contribution < 1.29 is 4.79 Å². The van der Waals surface area contributed by atoms with Gasteiger partial charge in [-0.15, -0.1) is 0 Å². The Kier molecular flexibility index (Phi) is 1.71. The molecule has 0 atom stereocenters. The third-order valence-corrected chi connectivity index (χ3v) is 1.39. The van der Waals surface area contributed by atoms with Crippen molar-refractivity contribution in [2.45, 2.75) is 0 Å². The van der Waals surface area contributed by atoms with Crippen LogP contribution in [0.5, 0.6) is 0 Å². The zero-order valence-corrected chi connectivity index (χ0v) is 5.77. The van der Waals surface area contributed by atoms with Gasteiger partial charge in [0.25, 0.3) is 0 Å².